The van der Waals surface area contributed by atoms with Crippen LogP contribution >= 0.6 is 0 Å². The van der Waals surface area contributed by atoms with Crippen molar-refractivity contribution in [3.05, 3.63) is 0 Å². The molecule has 0 aliphatic rings. The maximum absolute atomic E-state index is 11.9. The molecule has 0 radical (unpaired) electrons. The maximum Gasteiger partial charge on any atom is 0.306 e. The van der Waals surface area contributed by atoms with Crippen molar-refractivity contribution >= 4 is 17.7 Å². The van der Waals surface area contributed by atoms with Crippen LogP contribution in [0.3, 0.4) is 0 Å². The van der Waals surface area contributed by atoms with Crippen LogP contribution in [0.1, 0.15) is 129 Å². The fourth-order valence-electron chi connectivity index (χ4n) is 3.76. The lowest BCUT2D eigenvalue weighted by atomic mass is 9.95. The minimum atomic E-state index is -0.837. The second-order valence-electron chi connectivity index (χ2n) is 8.41. The van der Waals surface area contributed by atoms with E-state index in [2.05, 4.69) is 0 Å². The summed E-state index contributed by atoms with van der Waals surface area (Å²) in [4.78, 5) is 33.4. The number of unbranched alkanes of at least 4 members (excludes halogenated alkanes) is 13. The number of rotatable bonds is 22. The summed E-state index contributed by atoms with van der Waals surface area (Å²) in [6, 6.07) is 0. The van der Waals surface area contributed by atoms with Crippen LogP contribution in [0.15, 0.2) is 0 Å². The normalized spacial score (nSPS) is 12.0. The van der Waals surface area contributed by atoms with Gasteiger partial charge in [-0.1, -0.05) is 90.4 Å². The smallest absolute Gasteiger partial charge is 0.306 e. The van der Waals surface area contributed by atoms with Gasteiger partial charge in [-0.3, -0.25) is 14.4 Å². The highest BCUT2D eigenvalue weighted by molar-refractivity contribution is 5.83. The lowest BCUT2D eigenvalue weighted by Crippen LogP contribution is -2.17. The first-order valence-electron chi connectivity index (χ1n) is 11.9. The van der Waals surface area contributed by atoms with Crippen LogP contribution in [0.2, 0.25) is 0 Å². The standard InChI is InChI=1S/C24H44O5/c1-2-17-21(24(28)29)20-22(25)18-15-13-11-9-7-5-3-4-6-8-10-12-14-16-19-23(26)27/h21H,2-20H2,1H3,(H,26,27)(H,28,29). The van der Waals surface area contributed by atoms with Crippen LogP contribution in [0.25, 0.3) is 0 Å². The highest BCUT2D eigenvalue weighted by atomic mass is 16.4. The van der Waals surface area contributed by atoms with E-state index in [9.17, 15) is 14.4 Å². The van der Waals surface area contributed by atoms with Crippen molar-refractivity contribution in [2.24, 2.45) is 5.92 Å². The molecule has 0 rings (SSSR count). The van der Waals surface area contributed by atoms with Crippen molar-refractivity contribution < 1.29 is 24.6 Å². The van der Waals surface area contributed by atoms with Crippen LogP contribution < -0.4 is 0 Å². The molecule has 0 amide bonds. The fourth-order valence-corrected chi connectivity index (χ4v) is 3.76. The fraction of sp³-hybridized carbons (Fsp3) is 0.875. The molecule has 0 spiro atoms. The zero-order chi connectivity index (χ0) is 21.7. The van der Waals surface area contributed by atoms with Gasteiger partial charge in [0, 0.05) is 19.3 Å². The number of Topliss-reactive ketones (excluding diaryl/α,β-unsaturated/α-hetero) is 1. The number of hydrogen-bond acceptors (Lipinski definition) is 3. The lowest BCUT2D eigenvalue weighted by molar-refractivity contribution is -0.144. The molecule has 0 heterocycles. The number of carbonyl (C=O) groups excluding carboxylic acids is 1. The number of carboxylic acid groups (broad SMARTS) is 2. The predicted octanol–water partition coefficient (Wildman–Crippen LogP) is 6.77. The van der Waals surface area contributed by atoms with Crippen molar-refractivity contribution in [3.63, 3.8) is 0 Å². The molecule has 0 aliphatic heterocycles. The zero-order valence-corrected chi connectivity index (χ0v) is 18.6. The van der Waals surface area contributed by atoms with Gasteiger partial charge in [0.15, 0.2) is 0 Å². The second kappa shape index (κ2) is 19.9. The molecule has 5 heteroatoms. The van der Waals surface area contributed by atoms with E-state index in [-0.39, 0.29) is 12.2 Å². The molecule has 0 saturated heterocycles. The molecule has 1 unspecified atom stereocenters. The topological polar surface area (TPSA) is 91.7 Å². The molecule has 0 aromatic rings. The molecule has 0 saturated carbocycles. The Morgan fingerprint density at radius 3 is 1.34 bits per heavy atom. The summed E-state index contributed by atoms with van der Waals surface area (Å²) in [5.41, 5.74) is 0. The third-order valence-electron chi connectivity index (χ3n) is 5.56. The van der Waals surface area contributed by atoms with Gasteiger partial charge in [-0.2, -0.15) is 0 Å². The minimum absolute atomic E-state index is 0.104. The summed E-state index contributed by atoms with van der Waals surface area (Å²) in [6.07, 6.45) is 18.7. The summed E-state index contributed by atoms with van der Waals surface area (Å²) in [5.74, 6) is -1.91. The van der Waals surface area contributed by atoms with Crippen molar-refractivity contribution in [1.29, 1.82) is 0 Å². The summed E-state index contributed by atoms with van der Waals surface area (Å²) >= 11 is 0. The molecule has 0 aromatic carbocycles. The average molecular weight is 413 g/mol. The van der Waals surface area contributed by atoms with E-state index in [0.717, 1.165) is 38.5 Å². The Morgan fingerprint density at radius 1 is 0.621 bits per heavy atom. The number of carboxylic acids is 2. The van der Waals surface area contributed by atoms with Gasteiger partial charge in [0.05, 0.1) is 5.92 Å². The molecule has 0 fully saturated rings. The predicted molar refractivity (Wildman–Crippen MR) is 117 cm³/mol. The summed E-state index contributed by atoms with van der Waals surface area (Å²) in [6.45, 7) is 1.95. The zero-order valence-electron chi connectivity index (χ0n) is 18.6. The van der Waals surface area contributed by atoms with Crippen LogP contribution in [0.4, 0.5) is 0 Å². The third kappa shape index (κ3) is 19.7. The molecule has 0 aromatic heterocycles. The summed E-state index contributed by atoms with van der Waals surface area (Å²) in [5, 5.41) is 17.7. The van der Waals surface area contributed by atoms with Gasteiger partial charge >= 0.3 is 11.9 Å². The minimum Gasteiger partial charge on any atom is -0.481 e. The van der Waals surface area contributed by atoms with E-state index in [1.807, 2.05) is 6.92 Å². The average Bonchev–Trinajstić information content (AvgIpc) is 2.67. The molecule has 170 valence electrons. The molecule has 2 N–H and O–H groups in total. The highest BCUT2D eigenvalue weighted by Crippen LogP contribution is 2.16. The van der Waals surface area contributed by atoms with Gasteiger partial charge in [0.25, 0.3) is 0 Å². The molecular formula is C24H44O5. The van der Waals surface area contributed by atoms with Gasteiger partial charge in [-0.15, -0.1) is 0 Å². The van der Waals surface area contributed by atoms with E-state index in [0.29, 0.717) is 19.3 Å². The van der Waals surface area contributed by atoms with E-state index in [1.54, 1.807) is 0 Å². The van der Waals surface area contributed by atoms with Gasteiger partial charge in [0.2, 0.25) is 0 Å². The summed E-state index contributed by atoms with van der Waals surface area (Å²) < 4.78 is 0. The second-order valence-corrected chi connectivity index (χ2v) is 8.41. The molecular weight excluding hydrogens is 368 g/mol. The summed E-state index contributed by atoms with van der Waals surface area (Å²) in [7, 11) is 0. The van der Waals surface area contributed by atoms with Crippen LogP contribution in [0, 0.1) is 5.92 Å². The monoisotopic (exact) mass is 412 g/mol. The van der Waals surface area contributed by atoms with Crippen molar-refractivity contribution in [2.75, 3.05) is 0 Å². The van der Waals surface area contributed by atoms with Crippen LogP contribution in [-0.2, 0) is 14.4 Å². The first-order chi connectivity index (χ1) is 14.0. The van der Waals surface area contributed by atoms with E-state index in [1.165, 1.54) is 57.8 Å². The van der Waals surface area contributed by atoms with Gasteiger partial charge in [-0.05, 0) is 19.3 Å². The largest absolute Gasteiger partial charge is 0.481 e. The molecule has 5 nitrogen and oxygen atoms in total. The quantitative estimate of drug-likeness (QED) is 0.191. The van der Waals surface area contributed by atoms with Gasteiger partial charge in [0.1, 0.15) is 5.78 Å². The van der Waals surface area contributed by atoms with E-state index < -0.39 is 17.9 Å². The van der Waals surface area contributed by atoms with Crippen molar-refractivity contribution in [1.82, 2.24) is 0 Å². The number of hydrogen-bond donors (Lipinski definition) is 2. The van der Waals surface area contributed by atoms with E-state index >= 15 is 0 Å². The Labute approximate surface area is 177 Å². The Balaban J connectivity index is 3.32. The lowest BCUT2D eigenvalue weighted by Gasteiger charge is -2.09. The van der Waals surface area contributed by atoms with Crippen molar-refractivity contribution in [3.8, 4) is 0 Å². The first kappa shape index (κ1) is 27.6. The van der Waals surface area contributed by atoms with Crippen molar-refractivity contribution in [2.45, 2.75) is 129 Å². The SMILES string of the molecule is CCCC(CC(=O)CCCCCCCCCCCCCCCCC(=O)O)C(=O)O. The molecule has 29 heavy (non-hydrogen) atoms. The van der Waals surface area contributed by atoms with Crippen LogP contribution in [-0.4, -0.2) is 27.9 Å². The van der Waals surface area contributed by atoms with Gasteiger partial charge in [-0.25, -0.2) is 0 Å². The number of aliphatic carboxylic acids is 2. The molecule has 0 bridgehead atoms. The number of ketones is 1. The Kier molecular flexibility index (Phi) is 19.0. The Hall–Kier alpha value is -1.39. The Bertz CT molecular complexity index is 433. The first-order valence-corrected chi connectivity index (χ1v) is 11.9. The van der Waals surface area contributed by atoms with E-state index in [4.69, 9.17) is 10.2 Å². The molecule has 0 aliphatic carbocycles. The highest BCUT2D eigenvalue weighted by Gasteiger charge is 2.19. The van der Waals surface area contributed by atoms with Crippen LogP contribution in [0.5, 0.6) is 0 Å². The maximum atomic E-state index is 11.9. The number of carbonyl (C=O) groups is 3. The molecule has 1 atom stereocenters. The Morgan fingerprint density at radius 2 is 1.00 bits per heavy atom. The van der Waals surface area contributed by atoms with Gasteiger partial charge < -0.3 is 10.2 Å². The third-order valence-corrected chi connectivity index (χ3v) is 5.56.